The number of nitrogens with zero attached hydrogens (tertiary/aromatic N) is 2. The molecule has 3 rings (SSSR count). The third-order valence-electron chi connectivity index (χ3n) is 3.34. The molecule has 0 saturated heterocycles. The number of hydrogen-bond acceptors (Lipinski definition) is 4. The average molecular weight is 267 g/mol. The summed E-state index contributed by atoms with van der Waals surface area (Å²) in [4.78, 5) is 10.4. The van der Waals surface area contributed by atoms with Gasteiger partial charge in [-0.25, -0.2) is 0 Å². The van der Waals surface area contributed by atoms with Crippen LogP contribution in [-0.2, 0) is 0 Å². The third-order valence-corrected chi connectivity index (χ3v) is 3.34. The third kappa shape index (κ3) is 2.38. The average Bonchev–Trinajstić information content (AvgIpc) is 2.98. The van der Waals surface area contributed by atoms with Crippen molar-refractivity contribution in [2.75, 3.05) is 0 Å². The molecule has 0 amide bonds. The number of hydrogen-bond donors (Lipinski definition) is 1. The first-order valence-corrected chi connectivity index (χ1v) is 6.36. The monoisotopic (exact) mass is 267 g/mol. The van der Waals surface area contributed by atoms with Gasteiger partial charge >= 0.3 is 0 Å². The predicted octanol–water partition coefficient (Wildman–Crippen LogP) is 3.03. The van der Waals surface area contributed by atoms with Crippen molar-refractivity contribution in [1.82, 2.24) is 5.43 Å². The predicted molar refractivity (Wildman–Crippen MR) is 76.6 cm³/mol. The molecule has 0 fully saturated rings. The second-order valence-electron chi connectivity index (χ2n) is 4.66. The normalized spacial score (nSPS) is 17.4. The van der Waals surface area contributed by atoms with Gasteiger partial charge in [0.25, 0.3) is 5.69 Å². The van der Waals surface area contributed by atoms with Crippen LogP contribution in [0, 0.1) is 10.1 Å². The van der Waals surface area contributed by atoms with Crippen LogP contribution >= 0.6 is 0 Å². The van der Waals surface area contributed by atoms with Crippen LogP contribution in [-0.4, -0.2) is 10.6 Å². The fourth-order valence-electron chi connectivity index (χ4n) is 2.30. The molecule has 1 aliphatic heterocycles. The lowest BCUT2D eigenvalue weighted by Gasteiger charge is -2.09. The largest absolute Gasteiger partial charge is 0.302 e. The highest BCUT2D eigenvalue weighted by molar-refractivity contribution is 6.01. The van der Waals surface area contributed by atoms with Crippen molar-refractivity contribution in [1.29, 1.82) is 0 Å². The molecule has 0 saturated carbocycles. The molecule has 0 aliphatic carbocycles. The van der Waals surface area contributed by atoms with Gasteiger partial charge < -0.3 is 5.43 Å². The topological polar surface area (TPSA) is 67.5 Å². The molecule has 0 bridgehead atoms. The lowest BCUT2D eigenvalue weighted by molar-refractivity contribution is -0.384. The fourth-order valence-corrected chi connectivity index (χ4v) is 2.30. The number of nitrogens with one attached hydrogen (secondary N) is 1. The molecule has 0 radical (unpaired) electrons. The van der Waals surface area contributed by atoms with Gasteiger partial charge in [-0.2, -0.15) is 5.10 Å². The summed E-state index contributed by atoms with van der Waals surface area (Å²) in [6.45, 7) is 0. The molecular formula is C15H13N3O2. The minimum Gasteiger partial charge on any atom is -0.302 e. The van der Waals surface area contributed by atoms with E-state index in [2.05, 4.69) is 10.5 Å². The number of hydrazone groups is 1. The molecular weight excluding hydrogens is 254 g/mol. The van der Waals surface area contributed by atoms with Gasteiger partial charge in [-0.1, -0.05) is 42.5 Å². The van der Waals surface area contributed by atoms with E-state index in [9.17, 15) is 10.1 Å². The molecule has 0 aromatic heterocycles. The van der Waals surface area contributed by atoms with Crippen LogP contribution in [0.2, 0.25) is 0 Å². The van der Waals surface area contributed by atoms with E-state index in [0.717, 1.165) is 23.3 Å². The molecule has 1 aliphatic rings. The van der Waals surface area contributed by atoms with E-state index >= 15 is 0 Å². The van der Waals surface area contributed by atoms with E-state index in [4.69, 9.17) is 0 Å². The first kappa shape index (κ1) is 12.3. The van der Waals surface area contributed by atoms with Gasteiger partial charge in [0.05, 0.1) is 16.7 Å². The molecule has 2 aromatic rings. The van der Waals surface area contributed by atoms with Crippen LogP contribution in [0.25, 0.3) is 0 Å². The quantitative estimate of drug-likeness (QED) is 0.686. The first-order chi connectivity index (χ1) is 9.74. The van der Waals surface area contributed by atoms with Crippen molar-refractivity contribution in [2.24, 2.45) is 5.10 Å². The highest BCUT2D eigenvalue weighted by atomic mass is 16.6. The molecule has 1 N–H and O–H groups in total. The van der Waals surface area contributed by atoms with Crippen LogP contribution < -0.4 is 5.43 Å². The van der Waals surface area contributed by atoms with Gasteiger partial charge in [-0.3, -0.25) is 10.1 Å². The summed E-state index contributed by atoms with van der Waals surface area (Å²) in [5.74, 6) is 0. The Balaban J connectivity index is 1.79. The number of rotatable bonds is 3. The first-order valence-electron chi connectivity index (χ1n) is 6.36. The maximum absolute atomic E-state index is 10.8. The standard InChI is InChI=1S/C15H13N3O2/c19-18(20)13-8-4-7-12(9-13)15-10-14(16-17-15)11-5-2-1-3-6-11/h1-9,15,17H,10H2. The molecule has 1 atom stereocenters. The van der Waals surface area contributed by atoms with E-state index < -0.39 is 0 Å². The summed E-state index contributed by atoms with van der Waals surface area (Å²) in [7, 11) is 0. The summed E-state index contributed by atoms with van der Waals surface area (Å²) in [6, 6.07) is 16.6. The van der Waals surface area contributed by atoms with E-state index in [1.165, 1.54) is 6.07 Å². The lowest BCUT2D eigenvalue weighted by Crippen LogP contribution is -2.10. The van der Waals surface area contributed by atoms with Crippen molar-refractivity contribution in [3.05, 3.63) is 75.8 Å². The van der Waals surface area contributed by atoms with Crippen molar-refractivity contribution < 1.29 is 4.92 Å². The fraction of sp³-hybridized carbons (Fsp3) is 0.133. The van der Waals surface area contributed by atoms with Gasteiger partial charge in [-0.05, 0) is 11.1 Å². The zero-order valence-corrected chi connectivity index (χ0v) is 10.7. The molecule has 5 nitrogen and oxygen atoms in total. The van der Waals surface area contributed by atoms with Crippen molar-refractivity contribution >= 4 is 11.4 Å². The summed E-state index contributed by atoms with van der Waals surface area (Å²) in [5, 5.41) is 15.1. The van der Waals surface area contributed by atoms with Crippen LogP contribution in [0.4, 0.5) is 5.69 Å². The Morgan fingerprint density at radius 1 is 1.15 bits per heavy atom. The summed E-state index contributed by atoms with van der Waals surface area (Å²) in [5.41, 5.74) is 6.10. The molecule has 2 aromatic carbocycles. The van der Waals surface area contributed by atoms with Crippen LogP contribution in [0.1, 0.15) is 23.6 Å². The molecule has 100 valence electrons. The van der Waals surface area contributed by atoms with E-state index in [1.54, 1.807) is 12.1 Å². The van der Waals surface area contributed by atoms with E-state index in [0.29, 0.717) is 0 Å². The summed E-state index contributed by atoms with van der Waals surface area (Å²) < 4.78 is 0. The Bertz CT molecular complexity index is 668. The Hall–Kier alpha value is -2.69. The highest BCUT2D eigenvalue weighted by Crippen LogP contribution is 2.26. The number of nitro groups is 1. The van der Waals surface area contributed by atoms with Crippen LogP contribution in [0.3, 0.4) is 0 Å². The second-order valence-corrected chi connectivity index (χ2v) is 4.66. The van der Waals surface area contributed by atoms with E-state index in [-0.39, 0.29) is 16.7 Å². The number of nitro benzene ring substituents is 1. The smallest absolute Gasteiger partial charge is 0.269 e. The maximum Gasteiger partial charge on any atom is 0.269 e. The maximum atomic E-state index is 10.8. The highest BCUT2D eigenvalue weighted by Gasteiger charge is 2.22. The molecule has 0 spiro atoms. The molecule has 1 heterocycles. The number of benzene rings is 2. The minimum absolute atomic E-state index is 0.00916. The van der Waals surface area contributed by atoms with Crippen molar-refractivity contribution in [3.8, 4) is 0 Å². The summed E-state index contributed by atoms with van der Waals surface area (Å²) >= 11 is 0. The second kappa shape index (κ2) is 5.13. The Morgan fingerprint density at radius 2 is 1.95 bits per heavy atom. The zero-order valence-electron chi connectivity index (χ0n) is 10.7. The Labute approximate surface area is 116 Å². The number of non-ortho nitro benzene ring substituents is 1. The van der Waals surface area contributed by atoms with Crippen molar-refractivity contribution in [3.63, 3.8) is 0 Å². The SMILES string of the molecule is O=[N+]([O-])c1cccc(C2CC(c3ccccc3)=NN2)c1. The van der Waals surface area contributed by atoms with E-state index in [1.807, 2.05) is 36.4 Å². The van der Waals surface area contributed by atoms with Crippen LogP contribution in [0.15, 0.2) is 59.7 Å². The molecule has 1 unspecified atom stereocenters. The van der Waals surface area contributed by atoms with Crippen LogP contribution in [0.5, 0.6) is 0 Å². The molecule has 20 heavy (non-hydrogen) atoms. The van der Waals surface area contributed by atoms with Gasteiger partial charge in [0.1, 0.15) is 0 Å². The Kier molecular flexibility index (Phi) is 3.16. The van der Waals surface area contributed by atoms with Gasteiger partial charge in [-0.15, -0.1) is 0 Å². The van der Waals surface area contributed by atoms with Gasteiger partial charge in [0, 0.05) is 18.6 Å². The lowest BCUT2D eigenvalue weighted by atomic mass is 9.99. The molecule has 5 heteroatoms. The summed E-state index contributed by atoms with van der Waals surface area (Å²) in [6.07, 6.45) is 0.727. The zero-order chi connectivity index (χ0) is 13.9. The van der Waals surface area contributed by atoms with Gasteiger partial charge in [0.2, 0.25) is 0 Å². The van der Waals surface area contributed by atoms with Gasteiger partial charge in [0.15, 0.2) is 0 Å². The minimum atomic E-state index is -0.378. The Morgan fingerprint density at radius 3 is 2.70 bits per heavy atom. The van der Waals surface area contributed by atoms with Crippen molar-refractivity contribution in [2.45, 2.75) is 12.5 Å².